The summed E-state index contributed by atoms with van der Waals surface area (Å²) in [5.41, 5.74) is 0.944. The largest absolute Gasteiger partial charge is 0.465 e. The molecule has 0 aliphatic carbocycles. The number of benzene rings is 2. The Hall–Kier alpha value is -2.16. The zero-order valence-electron chi connectivity index (χ0n) is 9.69. The molecule has 2 rings (SSSR count). The van der Waals surface area contributed by atoms with Crippen LogP contribution in [0.2, 0.25) is 0 Å². The summed E-state index contributed by atoms with van der Waals surface area (Å²) in [6, 6.07) is 10.8. The second kappa shape index (κ2) is 4.37. The van der Waals surface area contributed by atoms with Crippen molar-refractivity contribution in [1.29, 1.82) is 0 Å². The standard InChI is InChI=1S/C14H12O3/c1-9(15)13-8-11(14(16)17-2)7-10-5-3-4-6-12(10)13/h3-8H,1-2H3. The van der Waals surface area contributed by atoms with Crippen LogP contribution >= 0.6 is 0 Å². The average molecular weight is 228 g/mol. The van der Waals surface area contributed by atoms with Gasteiger partial charge in [-0.3, -0.25) is 4.79 Å². The van der Waals surface area contributed by atoms with Crippen LogP contribution in [-0.2, 0) is 4.74 Å². The molecule has 0 aliphatic heterocycles. The van der Waals surface area contributed by atoms with Crippen LogP contribution < -0.4 is 0 Å². The molecule has 0 amide bonds. The number of hydrogen-bond donors (Lipinski definition) is 0. The fraction of sp³-hybridized carbons (Fsp3) is 0.143. The van der Waals surface area contributed by atoms with Gasteiger partial charge in [0.25, 0.3) is 0 Å². The van der Waals surface area contributed by atoms with Crippen LogP contribution in [0.3, 0.4) is 0 Å². The SMILES string of the molecule is COC(=O)c1cc(C(C)=O)c2ccccc2c1. The normalized spacial score (nSPS) is 10.2. The summed E-state index contributed by atoms with van der Waals surface area (Å²) >= 11 is 0. The lowest BCUT2D eigenvalue weighted by molar-refractivity contribution is 0.0601. The third-order valence-corrected chi connectivity index (χ3v) is 2.66. The van der Waals surface area contributed by atoms with Crippen LogP contribution in [-0.4, -0.2) is 18.9 Å². The number of rotatable bonds is 2. The Kier molecular flexibility index (Phi) is 2.91. The first-order chi connectivity index (χ1) is 8.13. The van der Waals surface area contributed by atoms with Gasteiger partial charge in [0.05, 0.1) is 12.7 Å². The van der Waals surface area contributed by atoms with Crippen molar-refractivity contribution in [3.05, 3.63) is 47.5 Å². The molecule has 0 unspecified atom stereocenters. The van der Waals surface area contributed by atoms with Crippen molar-refractivity contribution in [3.63, 3.8) is 0 Å². The third kappa shape index (κ3) is 2.04. The van der Waals surface area contributed by atoms with Crippen molar-refractivity contribution >= 4 is 22.5 Å². The quantitative estimate of drug-likeness (QED) is 0.586. The number of methoxy groups -OCH3 is 1. The highest BCUT2D eigenvalue weighted by Gasteiger charge is 2.12. The minimum absolute atomic E-state index is 0.0630. The van der Waals surface area contributed by atoms with Gasteiger partial charge in [-0.15, -0.1) is 0 Å². The van der Waals surface area contributed by atoms with Gasteiger partial charge in [-0.1, -0.05) is 24.3 Å². The van der Waals surface area contributed by atoms with Gasteiger partial charge in [0.15, 0.2) is 5.78 Å². The third-order valence-electron chi connectivity index (χ3n) is 2.66. The molecule has 0 bridgehead atoms. The van der Waals surface area contributed by atoms with Gasteiger partial charge in [0.1, 0.15) is 0 Å². The van der Waals surface area contributed by atoms with E-state index < -0.39 is 5.97 Å². The van der Waals surface area contributed by atoms with Gasteiger partial charge < -0.3 is 4.74 Å². The van der Waals surface area contributed by atoms with Gasteiger partial charge in [0.2, 0.25) is 0 Å². The number of carbonyl (C=O) groups excluding carboxylic acids is 2. The first-order valence-corrected chi connectivity index (χ1v) is 5.25. The molecule has 0 aliphatic rings. The molecule has 0 fully saturated rings. The predicted octanol–water partition coefficient (Wildman–Crippen LogP) is 2.83. The molecule has 0 atom stereocenters. The monoisotopic (exact) mass is 228 g/mol. The zero-order chi connectivity index (χ0) is 12.4. The Morgan fingerprint density at radius 3 is 2.47 bits per heavy atom. The fourth-order valence-electron chi connectivity index (χ4n) is 1.84. The molecule has 3 heteroatoms. The van der Waals surface area contributed by atoms with Crippen LogP contribution in [0.5, 0.6) is 0 Å². The van der Waals surface area contributed by atoms with Crippen LogP contribution in [0, 0.1) is 0 Å². The molecule has 0 aromatic heterocycles. The molecule has 86 valence electrons. The number of carbonyl (C=O) groups is 2. The van der Waals surface area contributed by atoms with Gasteiger partial charge >= 0.3 is 5.97 Å². The van der Waals surface area contributed by atoms with Gasteiger partial charge in [-0.25, -0.2) is 4.79 Å². The van der Waals surface area contributed by atoms with Crippen molar-refractivity contribution in [3.8, 4) is 0 Å². The summed E-state index contributed by atoms with van der Waals surface area (Å²) in [5.74, 6) is -0.495. The van der Waals surface area contributed by atoms with E-state index in [1.54, 1.807) is 12.1 Å². The molecule has 0 spiro atoms. The van der Waals surface area contributed by atoms with E-state index in [9.17, 15) is 9.59 Å². The Balaban J connectivity index is 2.76. The van der Waals surface area contributed by atoms with Gasteiger partial charge in [-0.2, -0.15) is 0 Å². The summed E-state index contributed by atoms with van der Waals surface area (Å²) in [7, 11) is 1.32. The summed E-state index contributed by atoms with van der Waals surface area (Å²) in [4.78, 5) is 23.1. The Morgan fingerprint density at radius 1 is 1.12 bits per heavy atom. The average Bonchev–Trinajstić information content (AvgIpc) is 2.36. The lowest BCUT2D eigenvalue weighted by Crippen LogP contribution is -2.04. The number of ketones is 1. The molecular formula is C14H12O3. The summed E-state index contributed by atoms with van der Waals surface area (Å²) < 4.78 is 4.67. The number of Topliss-reactive ketones (excluding diaryl/α,β-unsaturated/α-hetero) is 1. The molecule has 0 saturated carbocycles. The Bertz CT molecular complexity index is 599. The van der Waals surface area contributed by atoms with Crippen molar-refractivity contribution in [1.82, 2.24) is 0 Å². The predicted molar refractivity (Wildman–Crippen MR) is 65.3 cm³/mol. The molecule has 0 saturated heterocycles. The van der Waals surface area contributed by atoms with Gasteiger partial charge in [-0.05, 0) is 29.8 Å². The first-order valence-electron chi connectivity index (χ1n) is 5.25. The number of esters is 1. The van der Waals surface area contributed by atoms with Crippen molar-refractivity contribution in [2.45, 2.75) is 6.92 Å². The second-order valence-electron chi connectivity index (χ2n) is 3.79. The van der Waals surface area contributed by atoms with E-state index in [1.165, 1.54) is 14.0 Å². The van der Waals surface area contributed by atoms with E-state index in [0.29, 0.717) is 11.1 Å². The maximum atomic E-state index is 11.6. The summed E-state index contributed by atoms with van der Waals surface area (Å²) in [5, 5.41) is 1.72. The molecular weight excluding hydrogens is 216 g/mol. The molecule has 2 aromatic rings. The second-order valence-corrected chi connectivity index (χ2v) is 3.79. The number of ether oxygens (including phenoxy) is 1. The molecule has 2 aromatic carbocycles. The van der Waals surface area contributed by atoms with Crippen molar-refractivity contribution in [2.75, 3.05) is 7.11 Å². The van der Waals surface area contributed by atoms with Gasteiger partial charge in [0, 0.05) is 5.56 Å². The molecule has 3 nitrogen and oxygen atoms in total. The topological polar surface area (TPSA) is 43.4 Å². The lowest BCUT2D eigenvalue weighted by Gasteiger charge is -2.06. The smallest absolute Gasteiger partial charge is 0.337 e. The molecule has 0 N–H and O–H groups in total. The van der Waals surface area contributed by atoms with Crippen LogP contribution in [0.15, 0.2) is 36.4 Å². The van der Waals surface area contributed by atoms with Crippen LogP contribution in [0.25, 0.3) is 10.8 Å². The highest BCUT2D eigenvalue weighted by Crippen LogP contribution is 2.22. The van der Waals surface area contributed by atoms with E-state index in [-0.39, 0.29) is 5.78 Å². The maximum absolute atomic E-state index is 11.6. The van der Waals surface area contributed by atoms with E-state index in [2.05, 4.69) is 4.74 Å². The van der Waals surface area contributed by atoms with Crippen LogP contribution in [0.1, 0.15) is 27.6 Å². The highest BCUT2D eigenvalue weighted by atomic mass is 16.5. The van der Waals surface area contributed by atoms with E-state index >= 15 is 0 Å². The van der Waals surface area contributed by atoms with Crippen molar-refractivity contribution in [2.24, 2.45) is 0 Å². The Morgan fingerprint density at radius 2 is 1.82 bits per heavy atom. The maximum Gasteiger partial charge on any atom is 0.337 e. The minimum Gasteiger partial charge on any atom is -0.465 e. The minimum atomic E-state index is -0.432. The first kappa shape index (κ1) is 11.3. The summed E-state index contributed by atoms with van der Waals surface area (Å²) in [6.07, 6.45) is 0. The molecule has 0 heterocycles. The van der Waals surface area contributed by atoms with E-state index in [4.69, 9.17) is 0 Å². The number of hydrogen-bond acceptors (Lipinski definition) is 3. The lowest BCUT2D eigenvalue weighted by atomic mass is 9.99. The Labute approximate surface area is 99.0 Å². The zero-order valence-corrected chi connectivity index (χ0v) is 9.69. The molecule has 17 heavy (non-hydrogen) atoms. The summed E-state index contributed by atoms with van der Waals surface area (Å²) in [6.45, 7) is 1.49. The van der Waals surface area contributed by atoms with E-state index in [0.717, 1.165) is 10.8 Å². The number of fused-ring (bicyclic) bond motifs is 1. The van der Waals surface area contributed by atoms with Crippen LogP contribution in [0.4, 0.5) is 0 Å². The van der Waals surface area contributed by atoms with E-state index in [1.807, 2.05) is 24.3 Å². The fourth-order valence-corrected chi connectivity index (χ4v) is 1.84. The molecule has 0 radical (unpaired) electrons. The van der Waals surface area contributed by atoms with Crippen molar-refractivity contribution < 1.29 is 14.3 Å². The highest BCUT2D eigenvalue weighted by molar-refractivity contribution is 6.09.